The number of nitrogens with one attached hydrogen (secondary N) is 1. The summed E-state index contributed by atoms with van der Waals surface area (Å²) in [6.45, 7) is 4.17. The van der Waals surface area contributed by atoms with E-state index < -0.39 is 16.2 Å². The Morgan fingerprint density at radius 1 is 0.952 bits per heavy atom. The minimum Gasteiger partial charge on any atom is -0.392 e. The number of aliphatic hydroxyl groups excluding tert-OH is 1. The third-order valence-corrected chi connectivity index (χ3v) is 4.53. The molecule has 5 nitrogen and oxygen atoms in total. The average molecular weight is 323 g/mol. The lowest BCUT2D eigenvalue weighted by atomic mass is 10.1. The second kappa shape index (κ2) is 13.5. The first kappa shape index (κ1) is 20.8. The van der Waals surface area contributed by atoms with Crippen LogP contribution in [0.4, 0.5) is 0 Å². The van der Waals surface area contributed by atoms with Gasteiger partial charge in [0.1, 0.15) is 5.75 Å². The number of rotatable bonds is 15. The van der Waals surface area contributed by atoms with E-state index in [1.807, 2.05) is 0 Å². The highest BCUT2D eigenvalue weighted by Crippen LogP contribution is 2.10. The molecule has 0 spiro atoms. The molecule has 0 fully saturated rings. The Hall–Kier alpha value is -0.170. The van der Waals surface area contributed by atoms with Crippen molar-refractivity contribution in [1.82, 2.24) is 5.48 Å². The van der Waals surface area contributed by atoms with Gasteiger partial charge in [-0.3, -0.25) is 0 Å². The minimum atomic E-state index is -3.65. The maximum Gasteiger partial charge on any atom is 0.285 e. The van der Waals surface area contributed by atoms with Crippen LogP contribution in [0.25, 0.3) is 0 Å². The maximum absolute atomic E-state index is 11.3. The van der Waals surface area contributed by atoms with Crippen LogP contribution in [0.1, 0.15) is 78.1 Å². The Morgan fingerprint density at radius 2 is 1.43 bits per heavy atom. The van der Waals surface area contributed by atoms with E-state index >= 15 is 0 Å². The van der Waals surface area contributed by atoms with Crippen LogP contribution in [0.2, 0.25) is 0 Å². The summed E-state index contributed by atoms with van der Waals surface area (Å²) in [5.41, 5.74) is 2.46. The van der Waals surface area contributed by atoms with E-state index in [1.54, 1.807) is 0 Å². The quantitative estimate of drug-likeness (QED) is 0.358. The van der Waals surface area contributed by atoms with E-state index in [0.717, 1.165) is 12.8 Å². The van der Waals surface area contributed by atoms with E-state index in [9.17, 15) is 8.42 Å². The molecule has 2 N–H and O–H groups in total. The van der Waals surface area contributed by atoms with E-state index in [0.29, 0.717) is 6.54 Å². The monoisotopic (exact) mass is 323 g/mol. The third-order valence-electron chi connectivity index (χ3n) is 3.26. The van der Waals surface area contributed by atoms with Gasteiger partial charge in [-0.05, 0) is 13.3 Å². The molecule has 21 heavy (non-hydrogen) atoms. The van der Waals surface area contributed by atoms with Gasteiger partial charge in [0.15, 0.2) is 0 Å². The van der Waals surface area contributed by atoms with Gasteiger partial charge in [0.2, 0.25) is 0 Å². The van der Waals surface area contributed by atoms with Crippen LogP contribution in [0.3, 0.4) is 0 Å². The highest BCUT2D eigenvalue weighted by Gasteiger charge is 2.14. The lowest BCUT2D eigenvalue weighted by Crippen LogP contribution is -2.27. The molecule has 1 atom stereocenters. The fraction of sp³-hybridized carbons (Fsp3) is 1.00. The second-order valence-corrected chi connectivity index (χ2v) is 7.35. The minimum absolute atomic E-state index is 0.377. The van der Waals surface area contributed by atoms with E-state index in [1.165, 1.54) is 58.3 Å². The van der Waals surface area contributed by atoms with Crippen molar-refractivity contribution in [3.05, 3.63) is 0 Å². The number of aliphatic hydroxyl groups is 1. The highest BCUT2D eigenvalue weighted by atomic mass is 32.2. The van der Waals surface area contributed by atoms with Crippen molar-refractivity contribution in [3.63, 3.8) is 0 Å². The molecule has 0 aliphatic carbocycles. The van der Waals surface area contributed by atoms with Gasteiger partial charge in [-0.15, -0.1) is 0 Å². The molecule has 0 aliphatic heterocycles. The smallest absolute Gasteiger partial charge is 0.285 e. The standard InChI is InChI=1S/C15H33NO4S/c1-3-4-5-6-7-8-9-10-11-12-13-16-20-21(18,19)14-15(2)17/h15-17H,3-14H2,1-2H3. The molecule has 0 aromatic heterocycles. The van der Waals surface area contributed by atoms with Crippen molar-refractivity contribution in [2.75, 3.05) is 12.3 Å². The van der Waals surface area contributed by atoms with Crippen molar-refractivity contribution in [2.45, 2.75) is 84.2 Å². The summed E-state index contributed by atoms with van der Waals surface area (Å²) in [5.74, 6) is -0.377. The molecule has 1 unspecified atom stereocenters. The SMILES string of the molecule is CCCCCCCCCCCCNOS(=O)(=O)CC(C)O. The van der Waals surface area contributed by atoms with Crippen LogP contribution in [0, 0.1) is 0 Å². The van der Waals surface area contributed by atoms with Crippen molar-refractivity contribution in [3.8, 4) is 0 Å². The van der Waals surface area contributed by atoms with Crippen LogP contribution in [0.15, 0.2) is 0 Å². The van der Waals surface area contributed by atoms with Gasteiger partial charge in [-0.25, -0.2) is 0 Å². The number of hydroxylamine groups is 1. The van der Waals surface area contributed by atoms with Crippen LogP contribution in [-0.4, -0.2) is 31.9 Å². The van der Waals surface area contributed by atoms with E-state index in [4.69, 9.17) is 5.11 Å². The van der Waals surface area contributed by atoms with Gasteiger partial charge in [-0.1, -0.05) is 64.7 Å². The van der Waals surface area contributed by atoms with Gasteiger partial charge >= 0.3 is 0 Å². The first-order valence-electron chi connectivity index (χ1n) is 8.30. The summed E-state index contributed by atoms with van der Waals surface area (Å²) in [5, 5.41) is 8.99. The predicted octanol–water partition coefficient (Wildman–Crippen LogP) is 3.14. The zero-order valence-corrected chi connectivity index (χ0v) is 14.5. The topological polar surface area (TPSA) is 75.6 Å². The Balaban J connectivity index is 3.26. The van der Waals surface area contributed by atoms with Crippen LogP contribution < -0.4 is 5.48 Å². The molecule has 128 valence electrons. The predicted molar refractivity (Wildman–Crippen MR) is 86.4 cm³/mol. The maximum atomic E-state index is 11.3. The van der Waals surface area contributed by atoms with Crippen LogP contribution in [-0.2, 0) is 14.4 Å². The molecule has 0 rings (SSSR count). The summed E-state index contributed by atoms with van der Waals surface area (Å²) >= 11 is 0. The molecular weight excluding hydrogens is 290 g/mol. The molecule has 0 saturated heterocycles. The normalized spacial score (nSPS) is 13.5. The Bertz CT molecular complexity index is 318. The van der Waals surface area contributed by atoms with Crippen molar-refractivity contribution < 1.29 is 17.8 Å². The van der Waals surface area contributed by atoms with Gasteiger partial charge in [0, 0.05) is 6.54 Å². The number of unbranched alkanes of at least 4 members (excludes halogenated alkanes) is 9. The lowest BCUT2D eigenvalue weighted by Gasteiger charge is -2.07. The molecule has 0 aromatic rings. The Morgan fingerprint density at radius 3 is 1.90 bits per heavy atom. The van der Waals surface area contributed by atoms with Gasteiger partial charge in [0.25, 0.3) is 10.1 Å². The lowest BCUT2D eigenvalue weighted by molar-refractivity contribution is 0.182. The highest BCUT2D eigenvalue weighted by molar-refractivity contribution is 7.86. The first-order chi connectivity index (χ1) is 9.98. The summed E-state index contributed by atoms with van der Waals surface area (Å²) in [6.07, 6.45) is 11.5. The first-order valence-corrected chi connectivity index (χ1v) is 9.87. The van der Waals surface area contributed by atoms with Gasteiger partial charge in [-0.2, -0.15) is 18.2 Å². The summed E-state index contributed by atoms with van der Waals surface area (Å²) in [6, 6.07) is 0. The van der Waals surface area contributed by atoms with Crippen molar-refractivity contribution in [1.29, 1.82) is 0 Å². The Kier molecular flexibility index (Phi) is 13.4. The molecular formula is C15H33NO4S. The van der Waals surface area contributed by atoms with Crippen LogP contribution in [0.5, 0.6) is 0 Å². The van der Waals surface area contributed by atoms with E-state index in [2.05, 4.69) is 16.7 Å². The largest absolute Gasteiger partial charge is 0.392 e. The summed E-state index contributed by atoms with van der Waals surface area (Å²) in [7, 11) is -3.65. The Labute approximate surface area is 130 Å². The average Bonchev–Trinajstić information content (AvgIpc) is 2.38. The molecule has 0 aromatic carbocycles. The second-order valence-electron chi connectivity index (χ2n) is 5.73. The van der Waals surface area contributed by atoms with Crippen molar-refractivity contribution >= 4 is 10.1 Å². The molecule has 0 bridgehead atoms. The van der Waals surface area contributed by atoms with Gasteiger partial charge in [0.05, 0.1) is 6.10 Å². The van der Waals surface area contributed by atoms with E-state index in [-0.39, 0.29) is 5.75 Å². The summed E-state index contributed by atoms with van der Waals surface area (Å²) in [4.78, 5) is 0. The molecule has 0 heterocycles. The molecule has 0 aliphatic rings. The molecule has 0 radical (unpaired) electrons. The summed E-state index contributed by atoms with van der Waals surface area (Å²) < 4.78 is 27.1. The number of hydrogen-bond donors (Lipinski definition) is 2. The zero-order valence-electron chi connectivity index (χ0n) is 13.6. The van der Waals surface area contributed by atoms with Crippen LogP contribution >= 0.6 is 0 Å². The molecule has 6 heteroatoms. The third kappa shape index (κ3) is 16.0. The zero-order chi connectivity index (χ0) is 16.0. The molecule has 0 amide bonds. The van der Waals surface area contributed by atoms with Crippen molar-refractivity contribution in [2.24, 2.45) is 0 Å². The fourth-order valence-corrected chi connectivity index (χ4v) is 3.07. The number of hydrogen-bond acceptors (Lipinski definition) is 5. The van der Waals surface area contributed by atoms with Gasteiger partial charge < -0.3 is 5.11 Å². The fourth-order valence-electron chi connectivity index (χ4n) is 2.15. The molecule has 0 saturated carbocycles.